The highest BCUT2D eigenvalue weighted by Crippen LogP contribution is 2.30. The number of aryl methyl sites for hydroxylation is 2. The molecule has 0 atom stereocenters. The van der Waals surface area contributed by atoms with Crippen LogP contribution in [0.5, 0.6) is 0 Å². The fraction of sp³-hybridized carbons (Fsp3) is 0.250. The lowest BCUT2D eigenvalue weighted by Gasteiger charge is -2.14. The summed E-state index contributed by atoms with van der Waals surface area (Å²) in [4.78, 5) is 36.7. The van der Waals surface area contributed by atoms with Gasteiger partial charge in [-0.25, -0.2) is 0 Å². The monoisotopic (exact) mass is 420 g/mol. The summed E-state index contributed by atoms with van der Waals surface area (Å²) in [7, 11) is 0. The van der Waals surface area contributed by atoms with Crippen LogP contribution in [0.4, 0.5) is 13.2 Å². The van der Waals surface area contributed by atoms with Gasteiger partial charge in [0.15, 0.2) is 0 Å². The van der Waals surface area contributed by atoms with Gasteiger partial charge in [0.2, 0.25) is 0 Å². The van der Waals surface area contributed by atoms with Gasteiger partial charge in [0.25, 0.3) is 17.0 Å². The molecule has 1 amide bonds. The summed E-state index contributed by atoms with van der Waals surface area (Å²) in [6.07, 6.45) is -2.11. The number of rotatable bonds is 6. The fourth-order valence-corrected chi connectivity index (χ4v) is 3.04. The maximum atomic E-state index is 13.0. The zero-order chi connectivity index (χ0) is 21.9. The molecule has 0 saturated carbocycles. The third-order valence-electron chi connectivity index (χ3n) is 4.59. The highest BCUT2D eigenvalue weighted by molar-refractivity contribution is 5.93. The lowest BCUT2D eigenvalue weighted by Crippen LogP contribution is -2.34. The summed E-state index contributed by atoms with van der Waals surface area (Å²) in [5.41, 5.74) is -1.06. The number of aromatic nitrogens is 3. The largest absolute Gasteiger partial charge is 0.416 e. The van der Waals surface area contributed by atoms with E-state index in [9.17, 15) is 27.6 Å². The number of halogens is 3. The Balaban J connectivity index is 1.79. The number of pyridine rings is 1. The predicted molar refractivity (Wildman–Crippen MR) is 104 cm³/mol. The molecule has 2 heterocycles. The van der Waals surface area contributed by atoms with E-state index in [0.717, 1.165) is 16.7 Å². The minimum atomic E-state index is -4.55. The molecule has 2 aromatic heterocycles. The molecule has 3 rings (SSSR count). The summed E-state index contributed by atoms with van der Waals surface area (Å²) in [5.74, 6) is -0.635. The number of aromatic amines is 2. The second-order valence-electron chi connectivity index (χ2n) is 6.70. The smallest absolute Gasteiger partial charge is 0.352 e. The second-order valence-corrected chi connectivity index (χ2v) is 6.70. The van der Waals surface area contributed by atoms with Crippen molar-refractivity contribution in [2.75, 3.05) is 6.54 Å². The number of nitrogens with one attached hydrogen (secondary N) is 3. The number of nitrogens with zero attached hydrogens (tertiary/aromatic N) is 1. The van der Waals surface area contributed by atoms with Crippen LogP contribution in [-0.2, 0) is 12.6 Å². The molecule has 30 heavy (non-hydrogen) atoms. The van der Waals surface area contributed by atoms with Crippen molar-refractivity contribution in [2.45, 2.75) is 25.9 Å². The van der Waals surface area contributed by atoms with Crippen LogP contribution in [0.3, 0.4) is 0 Å². The lowest BCUT2D eigenvalue weighted by molar-refractivity contribution is -0.137. The van der Waals surface area contributed by atoms with E-state index in [2.05, 4.69) is 15.5 Å². The predicted octanol–water partition coefficient (Wildman–Crippen LogP) is 2.54. The molecular weight excluding hydrogens is 401 g/mol. The van der Waals surface area contributed by atoms with Crippen LogP contribution in [0, 0.1) is 6.92 Å². The first kappa shape index (κ1) is 21.2. The number of H-pyrrole nitrogens is 2. The maximum Gasteiger partial charge on any atom is 0.416 e. The molecule has 7 nitrogen and oxygen atoms in total. The molecular formula is C20H19F3N4O3. The molecule has 0 spiro atoms. The van der Waals surface area contributed by atoms with Gasteiger partial charge in [-0.3, -0.25) is 24.0 Å². The normalized spacial score (nSPS) is 11.5. The van der Waals surface area contributed by atoms with Crippen LogP contribution in [-0.4, -0.2) is 27.2 Å². The average molecular weight is 420 g/mol. The van der Waals surface area contributed by atoms with Crippen LogP contribution in [0.2, 0.25) is 0 Å². The van der Waals surface area contributed by atoms with Crippen LogP contribution < -0.4 is 16.4 Å². The molecule has 0 unspecified atom stereocenters. The lowest BCUT2D eigenvalue weighted by atomic mass is 10.1. The van der Waals surface area contributed by atoms with Crippen LogP contribution in [0.15, 0.2) is 52.2 Å². The average Bonchev–Trinajstić information content (AvgIpc) is 3.09. The summed E-state index contributed by atoms with van der Waals surface area (Å²) in [5, 5.41) is 7.59. The van der Waals surface area contributed by atoms with Crippen molar-refractivity contribution < 1.29 is 18.0 Å². The molecule has 0 aliphatic heterocycles. The third-order valence-corrected chi connectivity index (χ3v) is 4.59. The number of amides is 1. The SMILES string of the molecule is Cc1ccc(C(=O)NCCCc2c[nH][nH]c2=O)c(=O)n1-c1cccc(C(F)(F)F)c1. The summed E-state index contributed by atoms with van der Waals surface area (Å²) in [6, 6.07) is 7.20. The Morgan fingerprint density at radius 1 is 1.17 bits per heavy atom. The van der Waals surface area contributed by atoms with Gasteiger partial charge < -0.3 is 10.4 Å². The second kappa shape index (κ2) is 8.44. The van der Waals surface area contributed by atoms with E-state index in [0.29, 0.717) is 24.1 Å². The number of benzene rings is 1. The molecule has 1 aromatic carbocycles. The third kappa shape index (κ3) is 4.53. The summed E-state index contributed by atoms with van der Waals surface area (Å²) in [6.45, 7) is 1.79. The fourth-order valence-electron chi connectivity index (χ4n) is 3.04. The number of hydrogen-bond acceptors (Lipinski definition) is 3. The van der Waals surface area contributed by atoms with E-state index >= 15 is 0 Å². The van der Waals surface area contributed by atoms with E-state index in [-0.39, 0.29) is 23.4 Å². The van der Waals surface area contributed by atoms with E-state index in [4.69, 9.17) is 0 Å². The van der Waals surface area contributed by atoms with E-state index in [1.165, 1.54) is 30.5 Å². The number of carbonyl (C=O) groups is 1. The molecule has 0 bridgehead atoms. The van der Waals surface area contributed by atoms with Gasteiger partial charge in [-0.2, -0.15) is 13.2 Å². The molecule has 0 aliphatic rings. The number of alkyl halides is 3. The van der Waals surface area contributed by atoms with E-state index in [1.807, 2.05) is 0 Å². The van der Waals surface area contributed by atoms with Crippen LogP contribution in [0.1, 0.15) is 33.6 Å². The van der Waals surface area contributed by atoms with Crippen molar-refractivity contribution in [1.29, 1.82) is 0 Å². The minimum absolute atomic E-state index is 0.0219. The van der Waals surface area contributed by atoms with Gasteiger partial charge in [0, 0.05) is 29.7 Å². The van der Waals surface area contributed by atoms with E-state index in [1.54, 1.807) is 6.92 Å². The van der Waals surface area contributed by atoms with Crippen LogP contribution in [0.25, 0.3) is 5.69 Å². The summed E-state index contributed by atoms with van der Waals surface area (Å²) >= 11 is 0. The Labute approximate surface area is 168 Å². The Bertz CT molecular complexity index is 1170. The van der Waals surface area contributed by atoms with Crippen molar-refractivity contribution in [3.8, 4) is 5.69 Å². The first-order chi connectivity index (χ1) is 14.2. The number of hydrogen-bond donors (Lipinski definition) is 3. The standard InChI is InChI=1S/C20H19F3N4O3/c1-12-7-8-16(18(29)24-9-3-4-13-11-25-26-17(13)28)19(30)27(12)15-6-2-5-14(10-15)20(21,22)23/h2,5-8,10-11H,3-4,9H2,1H3,(H,24,29)(H2,25,26,28). The Morgan fingerprint density at radius 3 is 2.60 bits per heavy atom. The molecule has 3 N–H and O–H groups in total. The molecule has 158 valence electrons. The van der Waals surface area contributed by atoms with Gasteiger partial charge in [0.05, 0.1) is 5.56 Å². The van der Waals surface area contributed by atoms with Crippen molar-refractivity contribution in [3.63, 3.8) is 0 Å². The van der Waals surface area contributed by atoms with Gasteiger partial charge >= 0.3 is 6.18 Å². The van der Waals surface area contributed by atoms with Gasteiger partial charge in [-0.1, -0.05) is 6.07 Å². The zero-order valence-electron chi connectivity index (χ0n) is 16.0. The van der Waals surface area contributed by atoms with Crippen molar-refractivity contribution in [1.82, 2.24) is 20.1 Å². The van der Waals surface area contributed by atoms with Crippen molar-refractivity contribution >= 4 is 5.91 Å². The quantitative estimate of drug-likeness (QED) is 0.535. The van der Waals surface area contributed by atoms with Crippen molar-refractivity contribution in [3.05, 3.63) is 85.7 Å². The Kier molecular flexibility index (Phi) is 5.95. The van der Waals surface area contributed by atoms with Gasteiger partial charge in [0.1, 0.15) is 5.56 Å². The van der Waals surface area contributed by atoms with Gasteiger partial charge in [-0.15, -0.1) is 0 Å². The molecule has 3 aromatic rings. The molecule has 0 saturated heterocycles. The molecule has 0 aliphatic carbocycles. The molecule has 10 heteroatoms. The topological polar surface area (TPSA) is 99.8 Å². The van der Waals surface area contributed by atoms with Crippen molar-refractivity contribution in [2.24, 2.45) is 0 Å². The van der Waals surface area contributed by atoms with Gasteiger partial charge in [-0.05, 0) is 50.1 Å². The maximum absolute atomic E-state index is 13.0. The first-order valence-electron chi connectivity index (χ1n) is 9.12. The zero-order valence-corrected chi connectivity index (χ0v) is 16.0. The van der Waals surface area contributed by atoms with Crippen LogP contribution >= 0.6 is 0 Å². The minimum Gasteiger partial charge on any atom is -0.352 e. The Hall–Kier alpha value is -3.56. The molecule has 0 radical (unpaired) electrons. The first-order valence-corrected chi connectivity index (χ1v) is 9.12. The Morgan fingerprint density at radius 2 is 1.93 bits per heavy atom. The highest BCUT2D eigenvalue weighted by Gasteiger charge is 2.30. The summed E-state index contributed by atoms with van der Waals surface area (Å²) < 4.78 is 40.1. The highest BCUT2D eigenvalue weighted by atomic mass is 19.4. The van der Waals surface area contributed by atoms with E-state index < -0.39 is 23.2 Å². The molecule has 0 fully saturated rings. The number of carbonyl (C=O) groups excluding carboxylic acids is 1.